The standard InChI is InChI=1S/C24H23F3N4O2/c1-4-20(17-6-5-7-19(14(17)2)24(25,26)27)30-23-18-13-31(16-8-10-33-11-9-16)22(32)12-21(18)28-15(3)29-23/h1,5-7,12-13,16,20H,8-11H2,2-3H3,(H,28,29,30)/t20-/m1/s1. The first-order valence-electron chi connectivity index (χ1n) is 10.6. The number of anilines is 1. The number of halogens is 3. The Kier molecular flexibility index (Phi) is 6.13. The Morgan fingerprint density at radius 2 is 1.97 bits per heavy atom. The van der Waals surface area contributed by atoms with Gasteiger partial charge in [0, 0.05) is 31.5 Å². The molecular weight excluding hydrogens is 433 g/mol. The van der Waals surface area contributed by atoms with Crippen LogP contribution in [0.1, 0.15) is 47.4 Å². The largest absolute Gasteiger partial charge is 0.416 e. The highest BCUT2D eigenvalue weighted by molar-refractivity contribution is 5.88. The van der Waals surface area contributed by atoms with Gasteiger partial charge in [-0.2, -0.15) is 13.2 Å². The van der Waals surface area contributed by atoms with Gasteiger partial charge in [0.2, 0.25) is 0 Å². The third kappa shape index (κ3) is 4.57. The minimum Gasteiger partial charge on any atom is -0.381 e. The highest BCUT2D eigenvalue weighted by Gasteiger charge is 2.33. The fraction of sp³-hybridized carbons (Fsp3) is 0.375. The Balaban J connectivity index is 1.79. The number of pyridine rings is 1. The Hall–Kier alpha value is -3.38. The first kappa shape index (κ1) is 22.8. The lowest BCUT2D eigenvalue weighted by Crippen LogP contribution is -2.28. The lowest BCUT2D eigenvalue weighted by Gasteiger charge is -2.25. The van der Waals surface area contributed by atoms with Crippen LogP contribution in [0.15, 0.2) is 35.3 Å². The van der Waals surface area contributed by atoms with Gasteiger partial charge in [0.1, 0.15) is 17.7 Å². The second kappa shape index (κ2) is 8.87. The third-order valence-corrected chi connectivity index (χ3v) is 5.89. The molecule has 0 amide bonds. The van der Waals surface area contributed by atoms with E-state index in [9.17, 15) is 18.0 Å². The monoisotopic (exact) mass is 456 g/mol. The molecule has 172 valence electrons. The molecule has 1 N–H and O–H groups in total. The van der Waals surface area contributed by atoms with E-state index < -0.39 is 17.8 Å². The zero-order valence-corrected chi connectivity index (χ0v) is 18.2. The number of ether oxygens (including phenoxy) is 1. The van der Waals surface area contributed by atoms with E-state index in [0.717, 1.165) is 6.07 Å². The van der Waals surface area contributed by atoms with Crippen LogP contribution in [0.3, 0.4) is 0 Å². The van der Waals surface area contributed by atoms with Crippen LogP contribution >= 0.6 is 0 Å². The number of alkyl halides is 3. The minimum atomic E-state index is -4.49. The van der Waals surface area contributed by atoms with Gasteiger partial charge in [-0.05, 0) is 43.9 Å². The van der Waals surface area contributed by atoms with Crippen LogP contribution in [-0.4, -0.2) is 27.7 Å². The lowest BCUT2D eigenvalue weighted by atomic mass is 9.96. The molecule has 0 bridgehead atoms. The van der Waals surface area contributed by atoms with E-state index in [1.165, 1.54) is 19.1 Å². The van der Waals surface area contributed by atoms with Crippen LogP contribution in [0, 0.1) is 26.2 Å². The number of aryl methyl sites for hydroxylation is 1. The second-order valence-corrected chi connectivity index (χ2v) is 8.04. The first-order valence-corrected chi connectivity index (χ1v) is 10.6. The van der Waals surface area contributed by atoms with Gasteiger partial charge in [-0.1, -0.05) is 18.1 Å². The molecule has 6 nitrogen and oxygen atoms in total. The zero-order valence-electron chi connectivity index (χ0n) is 18.2. The molecule has 0 aliphatic carbocycles. The molecule has 2 aromatic heterocycles. The zero-order chi connectivity index (χ0) is 23.8. The molecule has 0 saturated carbocycles. The number of rotatable bonds is 4. The number of hydrogen-bond donors (Lipinski definition) is 1. The summed E-state index contributed by atoms with van der Waals surface area (Å²) in [5, 5.41) is 3.67. The molecule has 3 aromatic rings. The lowest BCUT2D eigenvalue weighted by molar-refractivity contribution is -0.138. The van der Waals surface area contributed by atoms with Gasteiger partial charge in [-0.3, -0.25) is 4.79 Å². The van der Waals surface area contributed by atoms with Crippen molar-refractivity contribution >= 4 is 16.7 Å². The van der Waals surface area contributed by atoms with Crippen molar-refractivity contribution in [2.24, 2.45) is 0 Å². The van der Waals surface area contributed by atoms with Crippen LogP contribution in [0.2, 0.25) is 0 Å². The summed E-state index contributed by atoms with van der Waals surface area (Å²) in [4.78, 5) is 21.5. The van der Waals surface area contributed by atoms with E-state index >= 15 is 0 Å². The fourth-order valence-electron chi connectivity index (χ4n) is 4.21. The highest BCUT2D eigenvalue weighted by atomic mass is 19.4. The minimum absolute atomic E-state index is 0.0149. The summed E-state index contributed by atoms with van der Waals surface area (Å²) >= 11 is 0. The van der Waals surface area contributed by atoms with Crippen molar-refractivity contribution < 1.29 is 17.9 Å². The van der Waals surface area contributed by atoms with Gasteiger partial charge in [-0.25, -0.2) is 9.97 Å². The van der Waals surface area contributed by atoms with E-state index in [2.05, 4.69) is 21.2 Å². The smallest absolute Gasteiger partial charge is 0.381 e. The van der Waals surface area contributed by atoms with Crippen molar-refractivity contribution in [2.45, 2.75) is 44.9 Å². The van der Waals surface area contributed by atoms with Crippen molar-refractivity contribution in [3.63, 3.8) is 0 Å². The number of benzene rings is 1. The predicted molar refractivity (Wildman–Crippen MR) is 119 cm³/mol. The summed E-state index contributed by atoms with van der Waals surface area (Å²) in [6, 6.07) is 4.50. The molecule has 1 aliphatic heterocycles. The number of terminal acetylenes is 1. The Morgan fingerprint density at radius 1 is 1.24 bits per heavy atom. The molecule has 33 heavy (non-hydrogen) atoms. The van der Waals surface area contributed by atoms with Crippen molar-refractivity contribution in [3.05, 3.63) is 63.3 Å². The summed E-state index contributed by atoms with van der Waals surface area (Å²) in [7, 11) is 0. The SMILES string of the molecule is C#C[C@@H](Nc1nc(C)nc2cc(=O)n(C3CCOCC3)cc12)c1cccc(C(F)(F)F)c1C. The van der Waals surface area contributed by atoms with Crippen molar-refractivity contribution in [1.82, 2.24) is 14.5 Å². The summed E-state index contributed by atoms with van der Waals surface area (Å²) in [6.07, 6.45) is 4.35. The van der Waals surface area contributed by atoms with E-state index in [0.29, 0.717) is 54.2 Å². The molecule has 1 aromatic carbocycles. The number of hydrogen-bond acceptors (Lipinski definition) is 5. The average Bonchev–Trinajstić information content (AvgIpc) is 2.77. The molecule has 4 rings (SSSR count). The maximum atomic E-state index is 13.4. The molecular formula is C24H23F3N4O2. The van der Waals surface area contributed by atoms with Crippen molar-refractivity contribution in [2.75, 3.05) is 18.5 Å². The Morgan fingerprint density at radius 3 is 2.64 bits per heavy atom. The summed E-state index contributed by atoms with van der Waals surface area (Å²) in [6.45, 7) is 4.21. The van der Waals surface area contributed by atoms with E-state index in [1.807, 2.05) is 0 Å². The average molecular weight is 456 g/mol. The number of nitrogens with one attached hydrogen (secondary N) is 1. The maximum absolute atomic E-state index is 13.4. The molecule has 0 spiro atoms. The molecule has 1 atom stereocenters. The van der Waals surface area contributed by atoms with E-state index in [4.69, 9.17) is 11.2 Å². The van der Waals surface area contributed by atoms with Gasteiger partial charge < -0.3 is 14.6 Å². The second-order valence-electron chi connectivity index (χ2n) is 8.04. The molecule has 0 radical (unpaired) electrons. The van der Waals surface area contributed by atoms with Crippen molar-refractivity contribution in [1.29, 1.82) is 0 Å². The topological polar surface area (TPSA) is 69.0 Å². The van der Waals surface area contributed by atoms with Gasteiger partial charge in [0.15, 0.2) is 0 Å². The van der Waals surface area contributed by atoms with Crippen LogP contribution in [-0.2, 0) is 10.9 Å². The van der Waals surface area contributed by atoms with E-state index in [-0.39, 0.29) is 17.2 Å². The van der Waals surface area contributed by atoms with Crippen LogP contribution in [0.5, 0.6) is 0 Å². The fourth-order valence-corrected chi connectivity index (χ4v) is 4.21. The van der Waals surface area contributed by atoms with Crippen LogP contribution < -0.4 is 10.9 Å². The normalized spacial score (nSPS) is 15.9. The first-order chi connectivity index (χ1) is 15.7. The number of aromatic nitrogens is 3. The third-order valence-electron chi connectivity index (χ3n) is 5.89. The van der Waals surface area contributed by atoms with Gasteiger partial charge in [0.05, 0.1) is 16.5 Å². The number of nitrogens with zero attached hydrogens (tertiary/aromatic N) is 3. The molecule has 1 fully saturated rings. The Labute approximate surface area is 188 Å². The molecule has 1 saturated heterocycles. The van der Waals surface area contributed by atoms with Crippen molar-refractivity contribution in [3.8, 4) is 12.3 Å². The Bertz CT molecular complexity index is 1290. The van der Waals surface area contributed by atoms with Gasteiger partial charge in [-0.15, -0.1) is 6.42 Å². The van der Waals surface area contributed by atoms with Gasteiger partial charge in [0.25, 0.3) is 5.56 Å². The predicted octanol–water partition coefficient (Wildman–Crippen LogP) is 4.57. The molecule has 1 aliphatic rings. The summed E-state index contributed by atoms with van der Waals surface area (Å²) < 4.78 is 47.3. The summed E-state index contributed by atoms with van der Waals surface area (Å²) in [5.41, 5.74) is -0.0983. The molecule has 9 heteroatoms. The van der Waals surface area contributed by atoms with Crippen LogP contribution in [0.4, 0.5) is 19.0 Å². The number of fused-ring (bicyclic) bond motifs is 1. The van der Waals surface area contributed by atoms with Crippen LogP contribution in [0.25, 0.3) is 10.9 Å². The highest BCUT2D eigenvalue weighted by Crippen LogP contribution is 2.35. The molecule has 0 unspecified atom stereocenters. The quantitative estimate of drug-likeness (QED) is 0.583. The summed E-state index contributed by atoms with van der Waals surface area (Å²) in [5.74, 6) is 3.30. The maximum Gasteiger partial charge on any atom is 0.416 e. The van der Waals surface area contributed by atoms with Gasteiger partial charge >= 0.3 is 6.18 Å². The van der Waals surface area contributed by atoms with E-state index in [1.54, 1.807) is 23.8 Å². The molecule has 3 heterocycles.